The van der Waals surface area contributed by atoms with Crippen molar-refractivity contribution in [3.63, 3.8) is 0 Å². The third kappa shape index (κ3) is 2.35. The standard InChI is InChI=1S/C13H14FNO2/c1-9-6-10(14)2-3-12(9)13-7-11(17)4-5-15(13)8-16/h2-3,6,8,13H,4-5,7H2,1H3/t13-/m1/s1. The van der Waals surface area contributed by atoms with Crippen LogP contribution in [0.1, 0.15) is 30.0 Å². The molecule has 1 amide bonds. The topological polar surface area (TPSA) is 37.4 Å². The molecule has 0 spiro atoms. The first-order chi connectivity index (χ1) is 8.11. The zero-order chi connectivity index (χ0) is 12.4. The monoisotopic (exact) mass is 235 g/mol. The molecule has 2 rings (SSSR count). The maximum absolute atomic E-state index is 13.0. The van der Waals surface area contributed by atoms with E-state index in [1.165, 1.54) is 12.1 Å². The fourth-order valence-corrected chi connectivity index (χ4v) is 2.27. The number of Topliss-reactive ketones (excluding diaryl/α,β-unsaturated/α-hetero) is 1. The second-order valence-corrected chi connectivity index (χ2v) is 4.35. The molecule has 1 atom stereocenters. The number of nitrogens with zero attached hydrogens (tertiary/aromatic N) is 1. The van der Waals surface area contributed by atoms with E-state index < -0.39 is 0 Å². The van der Waals surface area contributed by atoms with Gasteiger partial charge in [-0.15, -0.1) is 0 Å². The van der Waals surface area contributed by atoms with E-state index in [0.717, 1.165) is 17.5 Å². The Labute approximate surface area is 99.2 Å². The van der Waals surface area contributed by atoms with Crippen LogP contribution in [0.5, 0.6) is 0 Å². The SMILES string of the molecule is Cc1cc(F)ccc1[C@H]1CC(=O)CCN1C=O. The Morgan fingerprint density at radius 3 is 2.88 bits per heavy atom. The molecule has 0 radical (unpaired) electrons. The van der Waals surface area contributed by atoms with Gasteiger partial charge in [0.25, 0.3) is 0 Å². The molecule has 90 valence electrons. The fourth-order valence-electron chi connectivity index (χ4n) is 2.27. The number of hydrogen-bond acceptors (Lipinski definition) is 2. The zero-order valence-electron chi connectivity index (χ0n) is 9.65. The largest absolute Gasteiger partial charge is 0.337 e. The predicted octanol–water partition coefficient (Wildman–Crippen LogP) is 2.00. The van der Waals surface area contributed by atoms with Crippen molar-refractivity contribution >= 4 is 12.2 Å². The van der Waals surface area contributed by atoms with Gasteiger partial charge in [0.05, 0.1) is 6.04 Å². The Bertz CT molecular complexity index is 459. The summed E-state index contributed by atoms with van der Waals surface area (Å²) in [6, 6.07) is 4.21. The molecule has 1 aliphatic heterocycles. The normalized spacial score (nSPS) is 20.5. The predicted molar refractivity (Wildman–Crippen MR) is 60.9 cm³/mol. The quantitative estimate of drug-likeness (QED) is 0.735. The van der Waals surface area contributed by atoms with E-state index >= 15 is 0 Å². The van der Waals surface area contributed by atoms with Crippen LogP contribution >= 0.6 is 0 Å². The summed E-state index contributed by atoms with van der Waals surface area (Å²) in [4.78, 5) is 24.1. The molecular formula is C13H14FNO2. The minimum absolute atomic E-state index is 0.150. The summed E-state index contributed by atoms with van der Waals surface area (Å²) in [5.74, 6) is -0.150. The number of piperidine rings is 1. The highest BCUT2D eigenvalue weighted by molar-refractivity contribution is 5.81. The van der Waals surface area contributed by atoms with Crippen LogP contribution in [-0.4, -0.2) is 23.6 Å². The van der Waals surface area contributed by atoms with Gasteiger partial charge in [-0.1, -0.05) is 6.07 Å². The van der Waals surface area contributed by atoms with Gasteiger partial charge < -0.3 is 4.90 Å². The zero-order valence-corrected chi connectivity index (χ0v) is 9.65. The Morgan fingerprint density at radius 1 is 1.47 bits per heavy atom. The van der Waals surface area contributed by atoms with Gasteiger partial charge in [-0.05, 0) is 30.2 Å². The van der Waals surface area contributed by atoms with Gasteiger partial charge in [0.1, 0.15) is 11.6 Å². The van der Waals surface area contributed by atoms with Crippen molar-refractivity contribution in [2.75, 3.05) is 6.54 Å². The van der Waals surface area contributed by atoms with Crippen molar-refractivity contribution in [3.05, 3.63) is 35.1 Å². The van der Waals surface area contributed by atoms with Gasteiger partial charge >= 0.3 is 0 Å². The number of halogens is 1. The Balaban J connectivity index is 2.35. The lowest BCUT2D eigenvalue weighted by Crippen LogP contribution is -2.36. The lowest BCUT2D eigenvalue weighted by molar-refractivity contribution is -0.129. The highest BCUT2D eigenvalue weighted by atomic mass is 19.1. The highest BCUT2D eigenvalue weighted by Gasteiger charge is 2.28. The molecule has 0 bridgehead atoms. The lowest BCUT2D eigenvalue weighted by atomic mass is 9.92. The Hall–Kier alpha value is -1.71. The number of carbonyl (C=O) groups is 2. The number of rotatable bonds is 2. The molecule has 0 aromatic heterocycles. The summed E-state index contributed by atoms with van der Waals surface area (Å²) in [6.07, 6.45) is 1.50. The van der Waals surface area contributed by atoms with Gasteiger partial charge in [-0.2, -0.15) is 0 Å². The van der Waals surface area contributed by atoms with Crippen LogP contribution in [0.25, 0.3) is 0 Å². The molecule has 1 aliphatic rings. The maximum Gasteiger partial charge on any atom is 0.210 e. The Morgan fingerprint density at radius 2 is 2.24 bits per heavy atom. The number of ketones is 1. The lowest BCUT2D eigenvalue weighted by Gasteiger charge is -2.33. The minimum atomic E-state index is -0.300. The molecule has 0 saturated carbocycles. The number of hydrogen-bond donors (Lipinski definition) is 0. The fraction of sp³-hybridized carbons (Fsp3) is 0.385. The van der Waals surface area contributed by atoms with E-state index in [1.54, 1.807) is 17.9 Å². The molecule has 1 aromatic rings. The second kappa shape index (κ2) is 4.65. The summed E-state index contributed by atoms with van der Waals surface area (Å²) in [6.45, 7) is 2.24. The molecule has 1 fully saturated rings. The number of likely N-dealkylation sites (tertiary alicyclic amines) is 1. The maximum atomic E-state index is 13.0. The Kier molecular flexibility index (Phi) is 3.22. The van der Waals surface area contributed by atoms with Crippen LogP contribution in [0.15, 0.2) is 18.2 Å². The van der Waals surface area contributed by atoms with Crippen LogP contribution in [0.2, 0.25) is 0 Å². The summed E-state index contributed by atoms with van der Waals surface area (Å²) in [5.41, 5.74) is 1.63. The number of carbonyl (C=O) groups excluding carboxylic acids is 2. The highest BCUT2D eigenvalue weighted by Crippen LogP contribution is 2.30. The van der Waals surface area contributed by atoms with Gasteiger partial charge in [0.2, 0.25) is 6.41 Å². The molecule has 3 nitrogen and oxygen atoms in total. The molecule has 0 aliphatic carbocycles. The average molecular weight is 235 g/mol. The third-order valence-electron chi connectivity index (χ3n) is 3.20. The number of aryl methyl sites for hydroxylation is 1. The van der Waals surface area contributed by atoms with E-state index in [4.69, 9.17) is 0 Å². The van der Waals surface area contributed by atoms with Crippen LogP contribution in [0, 0.1) is 12.7 Å². The summed E-state index contributed by atoms with van der Waals surface area (Å²) in [7, 11) is 0. The van der Waals surface area contributed by atoms with Gasteiger partial charge in [-0.3, -0.25) is 9.59 Å². The van der Waals surface area contributed by atoms with Crippen molar-refractivity contribution in [3.8, 4) is 0 Å². The van der Waals surface area contributed by atoms with E-state index in [1.807, 2.05) is 0 Å². The van der Waals surface area contributed by atoms with Crippen molar-refractivity contribution < 1.29 is 14.0 Å². The minimum Gasteiger partial charge on any atom is -0.337 e. The molecule has 0 unspecified atom stereocenters. The molecule has 1 saturated heterocycles. The van der Waals surface area contributed by atoms with E-state index in [9.17, 15) is 14.0 Å². The van der Waals surface area contributed by atoms with Gasteiger partial charge in [0.15, 0.2) is 0 Å². The summed E-state index contributed by atoms with van der Waals surface area (Å²) in [5, 5.41) is 0. The van der Waals surface area contributed by atoms with Crippen molar-refractivity contribution in [2.24, 2.45) is 0 Å². The van der Waals surface area contributed by atoms with Crippen molar-refractivity contribution in [1.29, 1.82) is 0 Å². The molecule has 0 N–H and O–H groups in total. The van der Waals surface area contributed by atoms with Crippen LogP contribution in [0.4, 0.5) is 4.39 Å². The molecule has 17 heavy (non-hydrogen) atoms. The van der Waals surface area contributed by atoms with Gasteiger partial charge in [0, 0.05) is 19.4 Å². The van der Waals surface area contributed by atoms with Crippen LogP contribution in [0.3, 0.4) is 0 Å². The first-order valence-electron chi connectivity index (χ1n) is 5.60. The molecule has 1 heterocycles. The summed E-state index contributed by atoms with van der Waals surface area (Å²) >= 11 is 0. The van der Waals surface area contributed by atoms with Crippen molar-refractivity contribution in [1.82, 2.24) is 4.90 Å². The first kappa shape index (κ1) is 11.8. The first-order valence-corrected chi connectivity index (χ1v) is 5.60. The van der Waals surface area contributed by atoms with Crippen LogP contribution < -0.4 is 0 Å². The van der Waals surface area contributed by atoms with Crippen molar-refractivity contribution in [2.45, 2.75) is 25.8 Å². The van der Waals surface area contributed by atoms with E-state index in [0.29, 0.717) is 19.4 Å². The summed E-state index contributed by atoms with van der Waals surface area (Å²) < 4.78 is 13.0. The van der Waals surface area contributed by atoms with E-state index in [-0.39, 0.29) is 17.6 Å². The molecule has 4 heteroatoms. The number of amides is 1. The molecular weight excluding hydrogens is 221 g/mol. The average Bonchev–Trinajstić information content (AvgIpc) is 2.29. The smallest absolute Gasteiger partial charge is 0.210 e. The number of benzene rings is 1. The van der Waals surface area contributed by atoms with Gasteiger partial charge in [-0.25, -0.2) is 4.39 Å². The molecule has 1 aromatic carbocycles. The van der Waals surface area contributed by atoms with E-state index in [2.05, 4.69) is 0 Å². The van der Waals surface area contributed by atoms with Crippen LogP contribution in [-0.2, 0) is 9.59 Å². The second-order valence-electron chi connectivity index (χ2n) is 4.35. The third-order valence-corrected chi connectivity index (χ3v) is 3.20.